The van der Waals surface area contributed by atoms with Crippen LogP contribution in [0.25, 0.3) is 0 Å². The van der Waals surface area contributed by atoms with E-state index in [4.69, 9.17) is 9.26 Å². The van der Waals surface area contributed by atoms with Crippen molar-refractivity contribution in [1.29, 1.82) is 0 Å². The SMILES string of the molecule is C[C@@H](Sc1ccccn1)c1nc([C@H]2CCCN2C(=O)OC(C)(C)C)no1. The average molecular weight is 376 g/mol. The molecule has 2 atom stereocenters. The second kappa shape index (κ2) is 7.65. The van der Waals surface area contributed by atoms with Gasteiger partial charge in [-0.05, 0) is 52.7 Å². The first-order chi connectivity index (χ1) is 12.3. The topological polar surface area (TPSA) is 81.4 Å². The van der Waals surface area contributed by atoms with Crippen LogP contribution in [0, 0.1) is 0 Å². The zero-order valence-electron chi connectivity index (χ0n) is 15.5. The van der Waals surface area contributed by atoms with Gasteiger partial charge in [-0.1, -0.05) is 23.0 Å². The molecule has 0 radical (unpaired) electrons. The van der Waals surface area contributed by atoms with Gasteiger partial charge in [0.2, 0.25) is 5.89 Å². The molecule has 140 valence electrons. The molecule has 0 N–H and O–H groups in total. The number of aromatic nitrogens is 3. The van der Waals surface area contributed by atoms with E-state index in [1.807, 2.05) is 45.9 Å². The lowest BCUT2D eigenvalue weighted by molar-refractivity contribution is 0.0217. The van der Waals surface area contributed by atoms with E-state index in [0.29, 0.717) is 18.3 Å². The van der Waals surface area contributed by atoms with E-state index in [1.54, 1.807) is 22.9 Å². The van der Waals surface area contributed by atoms with Gasteiger partial charge in [0.15, 0.2) is 5.82 Å². The Labute approximate surface area is 157 Å². The summed E-state index contributed by atoms with van der Waals surface area (Å²) in [5.41, 5.74) is -0.527. The smallest absolute Gasteiger partial charge is 0.410 e. The summed E-state index contributed by atoms with van der Waals surface area (Å²) in [6.07, 6.45) is 3.12. The summed E-state index contributed by atoms with van der Waals surface area (Å²) in [5.74, 6) is 1.07. The van der Waals surface area contributed by atoms with Crippen molar-refractivity contribution < 1.29 is 14.1 Å². The zero-order valence-corrected chi connectivity index (χ0v) is 16.3. The normalized spacial score (nSPS) is 18.8. The van der Waals surface area contributed by atoms with Gasteiger partial charge >= 0.3 is 6.09 Å². The summed E-state index contributed by atoms with van der Waals surface area (Å²) in [7, 11) is 0. The minimum absolute atomic E-state index is 0.0254. The number of nitrogens with zero attached hydrogens (tertiary/aromatic N) is 4. The molecule has 1 fully saturated rings. The Kier molecular flexibility index (Phi) is 5.50. The molecule has 2 aromatic heterocycles. The molecule has 3 rings (SSSR count). The van der Waals surface area contributed by atoms with Gasteiger partial charge in [-0.25, -0.2) is 9.78 Å². The second-order valence-electron chi connectivity index (χ2n) is 7.25. The van der Waals surface area contributed by atoms with Crippen LogP contribution in [0.4, 0.5) is 4.79 Å². The Morgan fingerprint density at radius 2 is 2.23 bits per heavy atom. The summed E-state index contributed by atoms with van der Waals surface area (Å²) in [6, 6.07) is 5.57. The molecule has 0 aromatic carbocycles. The molecule has 0 spiro atoms. The third-order valence-electron chi connectivity index (χ3n) is 3.92. The van der Waals surface area contributed by atoms with Crippen LogP contribution < -0.4 is 0 Å². The quantitative estimate of drug-likeness (QED) is 0.732. The first-order valence-corrected chi connectivity index (χ1v) is 9.62. The molecule has 8 heteroatoms. The minimum atomic E-state index is -0.527. The van der Waals surface area contributed by atoms with Crippen LogP contribution >= 0.6 is 11.8 Å². The number of thioether (sulfide) groups is 1. The average Bonchev–Trinajstić information content (AvgIpc) is 3.23. The van der Waals surface area contributed by atoms with Crippen molar-refractivity contribution in [2.75, 3.05) is 6.54 Å². The molecule has 3 heterocycles. The number of hydrogen-bond donors (Lipinski definition) is 0. The van der Waals surface area contributed by atoms with Crippen molar-refractivity contribution in [2.24, 2.45) is 0 Å². The molecule has 1 amide bonds. The number of pyridine rings is 1. The maximum Gasteiger partial charge on any atom is 0.410 e. The number of carbonyl (C=O) groups is 1. The zero-order chi connectivity index (χ0) is 18.7. The van der Waals surface area contributed by atoms with E-state index in [0.717, 1.165) is 17.9 Å². The summed E-state index contributed by atoms with van der Waals surface area (Å²) in [5, 5.41) is 4.99. The molecule has 7 nitrogen and oxygen atoms in total. The summed E-state index contributed by atoms with van der Waals surface area (Å²) >= 11 is 1.55. The highest BCUT2D eigenvalue weighted by molar-refractivity contribution is 7.99. The lowest BCUT2D eigenvalue weighted by Gasteiger charge is -2.27. The van der Waals surface area contributed by atoms with Gasteiger partial charge in [0.05, 0.1) is 16.3 Å². The Morgan fingerprint density at radius 3 is 2.92 bits per heavy atom. The Balaban J connectivity index is 1.69. The van der Waals surface area contributed by atoms with Gasteiger partial charge in [-0.2, -0.15) is 4.98 Å². The fourth-order valence-corrected chi connectivity index (χ4v) is 3.61. The van der Waals surface area contributed by atoms with Crippen molar-refractivity contribution in [1.82, 2.24) is 20.0 Å². The minimum Gasteiger partial charge on any atom is -0.444 e. The first kappa shape index (κ1) is 18.7. The maximum atomic E-state index is 12.4. The number of amides is 1. The molecule has 0 aliphatic carbocycles. The second-order valence-corrected chi connectivity index (χ2v) is 8.61. The molecule has 1 aliphatic rings. The lowest BCUT2D eigenvalue weighted by Crippen LogP contribution is -2.36. The van der Waals surface area contributed by atoms with Gasteiger partial charge < -0.3 is 9.26 Å². The Bertz CT molecular complexity index is 744. The first-order valence-electron chi connectivity index (χ1n) is 8.74. The molecule has 26 heavy (non-hydrogen) atoms. The maximum absolute atomic E-state index is 12.4. The summed E-state index contributed by atoms with van der Waals surface area (Å²) < 4.78 is 10.9. The van der Waals surface area contributed by atoms with E-state index >= 15 is 0 Å². The lowest BCUT2D eigenvalue weighted by atomic mass is 10.2. The fraction of sp³-hybridized carbons (Fsp3) is 0.556. The standard InChI is InChI=1S/C18H24N4O3S/c1-12(26-14-9-5-6-10-19-14)16-20-15(21-25-16)13-8-7-11-22(13)17(23)24-18(2,3)4/h5-6,9-10,12-13H,7-8,11H2,1-4H3/t12-,13-/m1/s1. The van der Waals surface area contributed by atoms with Crippen LogP contribution in [-0.2, 0) is 4.74 Å². The predicted octanol–water partition coefficient (Wildman–Crippen LogP) is 4.39. The molecular weight excluding hydrogens is 352 g/mol. The number of hydrogen-bond acceptors (Lipinski definition) is 7. The molecule has 2 aromatic rings. The van der Waals surface area contributed by atoms with Crippen LogP contribution in [0.2, 0.25) is 0 Å². The predicted molar refractivity (Wildman–Crippen MR) is 97.7 cm³/mol. The van der Waals surface area contributed by atoms with E-state index in [1.165, 1.54) is 0 Å². The number of carbonyl (C=O) groups excluding carboxylic acids is 1. The Hall–Kier alpha value is -2.09. The molecule has 1 aliphatic heterocycles. The third-order valence-corrected chi connectivity index (χ3v) is 4.96. The number of likely N-dealkylation sites (tertiary alicyclic amines) is 1. The molecule has 0 unspecified atom stereocenters. The van der Waals surface area contributed by atoms with Crippen molar-refractivity contribution in [2.45, 2.75) is 62.5 Å². The van der Waals surface area contributed by atoms with Crippen molar-refractivity contribution in [3.63, 3.8) is 0 Å². The van der Waals surface area contributed by atoms with Gasteiger partial charge in [-0.3, -0.25) is 4.90 Å². The van der Waals surface area contributed by atoms with Crippen LogP contribution in [0.5, 0.6) is 0 Å². The van der Waals surface area contributed by atoms with Gasteiger partial charge in [0.1, 0.15) is 5.60 Å². The molecule has 1 saturated heterocycles. The van der Waals surface area contributed by atoms with E-state index in [-0.39, 0.29) is 17.4 Å². The van der Waals surface area contributed by atoms with Gasteiger partial charge in [-0.15, -0.1) is 0 Å². The van der Waals surface area contributed by atoms with Gasteiger partial charge in [0, 0.05) is 12.7 Å². The number of ether oxygens (including phenoxy) is 1. The monoisotopic (exact) mass is 376 g/mol. The van der Waals surface area contributed by atoms with Crippen LogP contribution in [0.15, 0.2) is 33.9 Å². The molecule has 0 saturated carbocycles. The highest BCUT2D eigenvalue weighted by Crippen LogP contribution is 2.35. The highest BCUT2D eigenvalue weighted by atomic mass is 32.2. The number of rotatable bonds is 4. The van der Waals surface area contributed by atoms with Crippen molar-refractivity contribution >= 4 is 17.9 Å². The Morgan fingerprint density at radius 1 is 1.42 bits per heavy atom. The van der Waals surface area contributed by atoms with E-state index in [2.05, 4.69) is 15.1 Å². The molecule has 0 bridgehead atoms. The largest absolute Gasteiger partial charge is 0.444 e. The van der Waals surface area contributed by atoms with E-state index < -0.39 is 5.60 Å². The highest BCUT2D eigenvalue weighted by Gasteiger charge is 2.36. The summed E-state index contributed by atoms with van der Waals surface area (Å²) in [4.78, 5) is 23.0. The van der Waals surface area contributed by atoms with E-state index in [9.17, 15) is 4.79 Å². The van der Waals surface area contributed by atoms with Gasteiger partial charge in [0.25, 0.3) is 0 Å². The fourth-order valence-electron chi connectivity index (χ4n) is 2.77. The third kappa shape index (κ3) is 4.55. The van der Waals surface area contributed by atoms with Crippen molar-refractivity contribution in [3.05, 3.63) is 36.1 Å². The molecular formula is C18H24N4O3S. The van der Waals surface area contributed by atoms with Crippen LogP contribution in [-0.4, -0.2) is 38.3 Å². The summed E-state index contributed by atoms with van der Waals surface area (Å²) in [6.45, 7) is 8.22. The van der Waals surface area contributed by atoms with Crippen LogP contribution in [0.1, 0.15) is 63.5 Å². The van der Waals surface area contributed by atoms with Crippen molar-refractivity contribution in [3.8, 4) is 0 Å². The van der Waals surface area contributed by atoms with Crippen LogP contribution in [0.3, 0.4) is 0 Å².